The predicted molar refractivity (Wildman–Crippen MR) is 70.4 cm³/mol. The summed E-state index contributed by atoms with van der Waals surface area (Å²) >= 11 is 0. The summed E-state index contributed by atoms with van der Waals surface area (Å²) in [6, 6.07) is 14.5. The van der Waals surface area contributed by atoms with Crippen LogP contribution >= 0.6 is 0 Å². The molecule has 2 aromatic carbocycles. The maximum absolute atomic E-state index is 13.6. The first-order valence-corrected chi connectivity index (χ1v) is 5.88. The lowest BCUT2D eigenvalue weighted by atomic mass is 10.1. The largest absolute Gasteiger partial charge is 0.412 e. The van der Waals surface area contributed by atoms with Crippen molar-refractivity contribution < 1.29 is 13.9 Å². The van der Waals surface area contributed by atoms with Gasteiger partial charge in [0.1, 0.15) is 11.6 Å². The van der Waals surface area contributed by atoms with E-state index in [1.54, 1.807) is 30.3 Å². The summed E-state index contributed by atoms with van der Waals surface area (Å²) in [6.07, 6.45) is -0.667. The van der Waals surface area contributed by atoms with E-state index in [0.717, 1.165) is 6.07 Å². The Morgan fingerprint density at radius 2 is 2.00 bits per heavy atom. The quantitative estimate of drug-likeness (QED) is 0.932. The number of amides is 1. The van der Waals surface area contributed by atoms with E-state index in [0.29, 0.717) is 5.75 Å². The number of carbonyl (C=O) groups excluding carboxylic acids is 1. The molecule has 1 N–H and O–H groups in total. The van der Waals surface area contributed by atoms with Crippen LogP contribution in [0.4, 0.5) is 9.18 Å². The topological polar surface area (TPSA) is 62.1 Å². The summed E-state index contributed by atoms with van der Waals surface area (Å²) in [4.78, 5) is 11.5. The van der Waals surface area contributed by atoms with Gasteiger partial charge in [0, 0.05) is 12.1 Å². The fraction of sp³-hybridized carbons (Fsp3) is 0.0667. The van der Waals surface area contributed by atoms with Crippen LogP contribution in [0.15, 0.2) is 48.5 Å². The number of hydrogen-bond acceptors (Lipinski definition) is 3. The Hall–Kier alpha value is -2.87. The Balaban J connectivity index is 1.92. The molecule has 0 saturated heterocycles. The minimum atomic E-state index is -0.667. The van der Waals surface area contributed by atoms with Gasteiger partial charge in [-0.2, -0.15) is 5.26 Å². The van der Waals surface area contributed by atoms with Crippen LogP contribution in [-0.4, -0.2) is 6.09 Å². The molecule has 0 unspecified atom stereocenters. The van der Waals surface area contributed by atoms with Gasteiger partial charge in [-0.15, -0.1) is 0 Å². The Morgan fingerprint density at radius 3 is 2.65 bits per heavy atom. The molecular formula is C15H11FN2O2. The van der Waals surface area contributed by atoms with E-state index in [9.17, 15) is 9.18 Å². The number of benzene rings is 2. The second kappa shape index (κ2) is 6.34. The first-order valence-electron chi connectivity index (χ1n) is 5.88. The highest BCUT2D eigenvalue weighted by Crippen LogP contribution is 2.11. The summed E-state index contributed by atoms with van der Waals surface area (Å²) in [5.41, 5.74) is 0.520. The molecule has 4 nitrogen and oxygen atoms in total. The first-order chi connectivity index (χ1) is 9.69. The van der Waals surface area contributed by atoms with E-state index in [1.165, 1.54) is 12.1 Å². The zero-order valence-electron chi connectivity index (χ0n) is 10.5. The lowest BCUT2D eigenvalue weighted by molar-refractivity contribution is 0.200. The molecule has 0 atom stereocenters. The highest BCUT2D eigenvalue weighted by Gasteiger charge is 2.07. The van der Waals surface area contributed by atoms with Gasteiger partial charge in [0.2, 0.25) is 0 Å². The van der Waals surface area contributed by atoms with E-state index >= 15 is 0 Å². The van der Waals surface area contributed by atoms with Gasteiger partial charge in [0.25, 0.3) is 0 Å². The standard InChI is InChI=1S/C15H11FN2O2/c16-14-8-11(9-17)6-7-12(14)10-18-15(19)20-13-4-2-1-3-5-13/h1-8H,10H2,(H,18,19). The average Bonchev–Trinajstić information content (AvgIpc) is 2.47. The van der Waals surface area contributed by atoms with Crippen molar-refractivity contribution in [1.29, 1.82) is 5.26 Å². The molecule has 0 aliphatic heterocycles. The number of nitrogens with zero attached hydrogens (tertiary/aromatic N) is 1. The molecule has 100 valence electrons. The first kappa shape index (κ1) is 13.6. The van der Waals surface area contributed by atoms with Crippen molar-refractivity contribution in [3.8, 4) is 11.8 Å². The maximum atomic E-state index is 13.6. The van der Waals surface area contributed by atoms with Crippen LogP contribution in [-0.2, 0) is 6.54 Å². The smallest absolute Gasteiger partial charge is 0.410 e. The molecule has 20 heavy (non-hydrogen) atoms. The Labute approximate surface area is 115 Å². The van der Waals surface area contributed by atoms with Crippen LogP contribution in [0.25, 0.3) is 0 Å². The number of hydrogen-bond donors (Lipinski definition) is 1. The normalized spacial score (nSPS) is 9.60. The second-order valence-electron chi connectivity index (χ2n) is 3.97. The van der Waals surface area contributed by atoms with Crippen molar-refractivity contribution in [2.24, 2.45) is 0 Å². The van der Waals surface area contributed by atoms with E-state index in [1.807, 2.05) is 6.07 Å². The maximum Gasteiger partial charge on any atom is 0.412 e. The Morgan fingerprint density at radius 1 is 1.25 bits per heavy atom. The van der Waals surface area contributed by atoms with Crippen molar-refractivity contribution in [1.82, 2.24) is 5.32 Å². The van der Waals surface area contributed by atoms with Crippen molar-refractivity contribution >= 4 is 6.09 Å². The monoisotopic (exact) mass is 270 g/mol. The second-order valence-corrected chi connectivity index (χ2v) is 3.97. The molecular weight excluding hydrogens is 259 g/mol. The average molecular weight is 270 g/mol. The van der Waals surface area contributed by atoms with Gasteiger partial charge in [-0.25, -0.2) is 9.18 Å². The predicted octanol–water partition coefficient (Wildman–Crippen LogP) is 2.99. The lowest BCUT2D eigenvalue weighted by Crippen LogP contribution is -2.26. The van der Waals surface area contributed by atoms with Crippen LogP contribution in [0.2, 0.25) is 0 Å². The van der Waals surface area contributed by atoms with Gasteiger partial charge in [-0.1, -0.05) is 24.3 Å². The van der Waals surface area contributed by atoms with E-state index in [2.05, 4.69) is 5.32 Å². The van der Waals surface area contributed by atoms with Crippen LogP contribution in [0.3, 0.4) is 0 Å². The molecule has 0 fully saturated rings. The molecule has 0 spiro atoms. The van der Waals surface area contributed by atoms with Crippen LogP contribution < -0.4 is 10.1 Å². The molecule has 2 rings (SSSR count). The Bertz CT molecular complexity index is 651. The molecule has 0 aliphatic carbocycles. The number of para-hydroxylation sites is 1. The zero-order chi connectivity index (χ0) is 14.4. The van der Waals surface area contributed by atoms with Gasteiger partial charge in [0.05, 0.1) is 11.6 Å². The highest BCUT2D eigenvalue weighted by molar-refractivity contribution is 5.70. The number of ether oxygens (including phenoxy) is 1. The third-order valence-corrected chi connectivity index (χ3v) is 2.56. The molecule has 0 heterocycles. The molecule has 5 heteroatoms. The summed E-state index contributed by atoms with van der Waals surface area (Å²) in [5, 5.41) is 11.1. The van der Waals surface area contributed by atoms with Crippen LogP contribution in [0, 0.1) is 17.1 Å². The number of nitrogens with one attached hydrogen (secondary N) is 1. The molecule has 0 bridgehead atoms. The number of carbonyl (C=O) groups is 1. The van der Waals surface area contributed by atoms with Crippen molar-refractivity contribution in [3.63, 3.8) is 0 Å². The van der Waals surface area contributed by atoms with Crippen molar-refractivity contribution in [2.45, 2.75) is 6.54 Å². The molecule has 2 aromatic rings. The number of halogens is 1. The zero-order valence-corrected chi connectivity index (χ0v) is 10.5. The third-order valence-electron chi connectivity index (χ3n) is 2.56. The summed E-state index contributed by atoms with van der Waals surface area (Å²) in [7, 11) is 0. The summed E-state index contributed by atoms with van der Waals surface area (Å²) in [5.74, 6) is -0.130. The molecule has 0 aromatic heterocycles. The molecule has 0 aliphatic rings. The lowest BCUT2D eigenvalue weighted by Gasteiger charge is -2.07. The fourth-order valence-electron chi connectivity index (χ4n) is 1.56. The van der Waals surface area contributed by atoms with Crippen LogP contribution in [0.1, 0.15) is 11.1 Å². The minimum absolute atomic E-state index is 0.0107. The summed E-state index contributed by atoms with van der Waals surface area (Å²) < 4.78 is 18.6. The van der Waals surface area contributed by atoms with E-state index in [-0.39, 0.29) is 17.7 Å². The van der Waals surface area contributed by atoms with Gasteiger partial charge in [0.15, 0.2) is 0 Å². The Kier molecular flexibility index (Phi) is 4.30. The SMILES string of the molecule is N#Cc1ccc(CNC(=O)Oc2ccccc2)c(F)c1. The summed E-state index contributed by atoms with van der Waals surface area (Å²) in [6.45, 7) is -0.0107. The van der Waals surface area contributed by atoms with Gasteiger partial charge < -0.3 is 10.1 Å². The van der Waals surface area contributed by atoms with Gasteiger partial charge in [-0.3, -0.25) is 0 Å². The van der Waals surface area contributed by atoms with Crippen LogP contribution in [0.5, 0.6) is 5.75 Å². The van der Waals surface area contributed by atoms with E-state index < -0.39 is 11.9 Å². The molecule has 1 amide bonds. The fourth-order valence-corrected chi connectivity index (χ4v) is 1.56. The van der Waals surface area contributed by atoms with Crippen molar-refractivity contribution in [3.05, 3.63) is 65.5 Å². The third kappa shape index (κ3) is 3.56. The van der Waals surface area contributed by atoms with Gasteiger partial charge in [-0.05, 0) is 24.3 Å². The minimum Gasteiger partial charge on any atom is -0.410 e. The molecule has 0 radical (unpaired) electrons. The molecule has 0 saturated carbocycles. The van der Waals surface area contributed by atoms with E-state index in [4.69, 9.17) is 10.00 Å². The van der Waals surface area contributed by atoms with Crippen molar-refractivity contribution in [2.75, 3.05) is 0 Å². The van der Waals surface area contributed by atoms with Gasteiger partial charge >= 0.3 is 6.09 Å². The number of rotatable bonds is 3. The number of nitriles is 1. The highest BCUT2D eigenvalue weighted by atomic mass is 19.1.